The molecule has 1 rings (SSSR count). The molecule has 1 unspecified atom stereocenters. The van der Waals surface area contributed by atoms with E-state index in [1.54, 1.807) is 0 Å². The fourth-order valence-corrected chi connectivity index (χ4v) is 3.20. The van der Waals surface area contributed by atoms with Gasteiger partial charge in [0, 0.05) is 6.04 Å². The highest BCUT2D eigenvalue weighted by Crippen LogP contribution is 2.22. The first-order valence-electron chi connectivity index (χ1n) is 12.4. The van der Waals surface area contributed by atoms with E-state index in [1.165, 1.54) is 89.9 Å². The van der Waals surface area contributed by atoms with Gasteiger partial charge in [-0.15, -0.1) is 0 Å². The Morgan fingerprint density at radius 3 is 1.16 bits per heavy atom. The van der Waals surface area contributed by atoms with Crippen LogP contribution in [0.5, 0.6) is 0 Å². The number of unbranched alkanes of at least 4 members (excludes halogenated alkanes) is 12. The van der Waals surface area contributed by atoms with E-state index in [-0.39, 0.29) is 5.41 Å². The molecule has 0 saturated carbocycles. The van der Waals surface area contributed by atoms with Crippen LogP contribution in [0.25, 0.3) is 0 Å². The van der Waals surface area contributed by atoms with Crippen molar-refractivity contribution in [1.82, 2.24) is 0 Å². The van der Waals surface area contributed by atoms with E-state index in [1.807, 2.05) is 36.4 Å². The minimum absolute atomic E-state index is 0.275. The van der Waals surface area contributed by atoms with E-state index in [2.05, 4.69) is 27.7 Å². The van der Waals surface area contributed by atoms with Crippen LogP contribution in [-0.4, -0.2) is 23.6 Å². The fourth-order valence-electron chi connectivity index (χ4n) is 3.20. The lowest BCUT2D eigenvalue weighted by molar-refractivity contribution is 0.298. The highest BCUT2D eigenvalue weighted by molar-refractivity contribution is 7.79. The maximum absolute atomic E-state index is 8.74. The lowest BCUT2D eigenvalue weighted by atomic mass is 9.84. The molecule has 0 fully saturated rings. The summed E-state index contributed by atoms with van der Waals surface area (Å²) in [5.74, 6) is 0. The Morgan fingerprint density at radius 2 is 0.906 bits per heavy atom. The van der Waals surface area contributed by atoms with Crippen molar-refractivity contribution < 1.29 is 17.5 Å². The van der Waals surface area contributed by atoms with Crippen molar-refractivity contribution in [1.29, 1.82) is 0 Å². The third kappa shape index (κ3) is 33.7. The minimum atomic E-state index is -4.67. The Bertz CT molecular complexity index is 551. The summed E-state index contributed by atoms with van der Waals surface area (Å²) in [6.45, 7) is 9.04. The second-order valence-corrected chi connectivity index (χ2v) is 10.5. The van der Waals surface area contributed by atoms with Crippen LogP contribution in [0, 0.1) is 5.41 Å². The summed E-state index contributed by atoms with van der Waals surface area (Å²) in [5.41, 5.74) is 6.46. The maximum atomic E-state index is 8.74. The second kappa shape index (κ2) is 21.9. The molecule has 0 bridgehead atoms. The van der Waals surface area contributed by atoms with E-state index < -0.39 is 10.4 Å². The van der Waals surface area contributed by atoms with Gasteiger partial charge in [0.1, 0.15) is 0 Å². The van der Waals surface area contributed by atoms with Gasteiger partial charge in [0.2, 0.25) is 0 Å². The summed E-state index contributed by atoms with van der Waals surface area (Å²) < 4.78 is 31.6. The Kier molecular flexibility index (Phi) is 22.7. The van der Waals surface area contributed by atoms with Gasteiger partial charge in [-0.3, -0.25) is 9.11 Å². The smallest absolute Gasteiger partial charge is 0.327 e. The predicted octanol–water partition coefficient (Wildman–Crippen LogP) is 7.87. The molecule has 190 valence electrons. The van der Waals surface area contributed by atoms with Gasteiger partial charge >= 0.3 is 10.4 Å². The van der Waals surface area contributed by atoms with Gasteiger partial charge in [0.05, 0.1) is 0 Å². The summed E-state index contributed by atoms with van der Waals surface area (Å²) in [6, 6.07) is 12.4. The second-order valence-electron chi connectivity index (χ2n) is 9.61. The van der Waals surface area contributed by atoms with Crippen LogP contribution in [0.1, 0.15) is 118 Å². The van der Waals surface area contributed by atoms with E-state index in [4.69, 9.17) is 23.3 Å². The molecule has 0 radical (unpaired) electrons. The largest absolute Gasteiger partial charge is 0.394 e. The summed E-state index contributed by atoms with van der Waals surface area (Å²) in [4.78, 5) is 0. The Balaban J connectivity index is 0. The Morgan fingerprint density at radius 1 is 0.656 bits per heavy atom. The molecule has 1 aromatic carbocycles. The third-order valence-corrected chi connectivity index (χ3v) is 5.40. The lowest BCUT2D eigenvalue weighted by Gasteiger charge is -2.26. The first-order chi connectivity index (χ1) is 15.0. The number of hydrogen-bond acceptors (Lipinski definition) is 3. The fraction of sp³-hybridized carbons (Fsp3) is 0.769. The summed E-state index contributed by atoms with van der Waals surface area (Å²) in [6.07, 6.45) is 19.7. The van der Waals surface area contributed by atoms with Crippen molar-refractivity contribution in [2.45, 2.75) is 124 Å². The van der Waals surface area contributed by atoms with Crippen molar-refractivity contribution in [2.75, 3.05) is 0 Å². The molecule has 0 heterocycles. The first-order valence-corrected chi connectivity index (χ1v) is 13.8. The highest BCUT2D eigenvalue weighted by atomic mass is 32.3. The molecule has 1 aromatic rings. The van der Waals surface area contributed by atoms with Crippen LogP contribution >= 0.6 is 0 Å². The Labute approximate surface area is 199 Å². The molecule has 0 saturated heterocycles. The van der Waals surface area contributed by atoms with Crippen LogP contribution in [-0.2, 0) is 10.4 Å². The van der Waals surface area contributed by atoms with Crippen molar-refractivity contribution >= 4 is 10.4 Å². The molecule has 0 amide bonds. The van der Waals surface area contributed by atoms with Crippen LogP contribution < -0.4 is 5.73 Å². The zero-order valence-corrected chi connectivity index (χ0v) is 22.0. The van der Waals surface area contributed by atoms with Gasteiger partial charge < -0.3 is 5.73 Å². The highest BCUT2D eigenvalue weighted by Gasteiger charge is 2.19. The van der Waals surface area contributed by atoms with Crippen molar-refractivity contribution in [3.63, 3.8) is 0 Å². The number of rotatable bonds is 14. The van der Waals surface area contributed by atoms with Gasteiger partial charge in [-0.25, -0.2) is 0 Å². The van der Waals surface area contributed by atoms with Gasteiger partial charge in [0.25, 0.3) is 0 Å². The lowest BCUT2D eigenvalue weighted by Crippen LogP contribution is -2.34. The molecule has 1 atom stereocenters. The molecule has 4 N–H and O–H groups in total. The standard InChI is InChI=1S/C20H43N.C6H6.H2O4S/c1-5-6-7-8-9-10-11-12-13-14-15-16-17-18-19(21)20(2,3)4;1-2-4-6-5-3-1;1-5(2,3)4/h19H,5-18,21H2,1-4H3;1-6H;(H2,1,2,3,4). The van der Waals surface area contributed by atoms with Crippen LogP contribution in [0.4, 0.5) is 0 Å². The molecule has 32 heavy (non-hydrogen) atoms. The van der Waals surface area contributed by atoms with Crippen LogP contribution in [0.2, 0.25) is 0 Å². The molecule has 0 aliphatic carbocycles. The topological polar surface area (TPSA) is 101 Å². The zero-order chi connectivity index (χ0) is 24.7. The first kappa shape index (κ1) is 33.2. The van der Waals surface area contributed by atoms with Gasteiger partial charge in [0.15, 0.2) is 0 Å². The van der Waals surface area contributed by atoms with Gasteiger partial charge in [-0.05, 0) is 11.8 Å². The van der Waals surface area contributed by atoms with Crippen molar-refractivity contribution in [3.8, 4) is 0 Å². The minimum Gasteiger partial charge on any atom is -0.327 e. The summed E-state index contributed by atoms with van der Waals surface area (Å²) >= 11 is 0. The average molecular weight is 474 g/mol. The molecule has 0 aliphatic heterocycles. The molecular weight excluding hydrogens is 422 g/mol. The van der Waals surface area contributed by atoms with Crippen molar-refractivity contribution in [3.05, 3.63) is 36.4 Å². The number of hydrogen-bond donors (Lipinski definition) is 3. The molecule has 0 spiro atoms. The third-order valence-electron chi connectivity index (χ3n) is 5.40. The number of benzene rings is 1. The van der Waals surface area contributed by atoms with Crippen LogP contribution in [0.3, 0.4) is 0 Å². The monoisotopic (exact) mass is 473 g/mol. The van der Waals surface area contributed by atoms with Crippen LogP contribution in [0.15, 0.2) is 36.4 Å². The quantitative estimate of drug-likeness (QED) is 0.188. The number of nitrogens with two attached hydrogens (primary N) is 1. The van der Waals surface area contributed by atoms with E-state index in [0.29, 0.717) is 6.04 Å². The molecular formula is C26H51NO4S. The van der Waals surface area contributed by atoms with E-state index >= 15 is 0 Å². The molecule has 0 aromatic heterocycles. The molecule has 6 heteroatoms. The molecule has 0 aliphatic rings. The SMILES string of the molecule is CCCCCCCCCCCCCCCC(N)C(C)(C)C.O=S(=O)(O)O.c1ccccc1. The summed E-state index contributed by atoms with van der Waals surface area (Å²) in [5, 5.41) is 0. The molecule has 5 nitrogen and oxygen atoms in total. The average Bonchev–Trinajstić information content (AvgIpc) is 2.71. The van der Waals surface area contributed by atoms with E-state index in [0.717, 1.165) is 0 Å². The Hall–Kier alpha value is -0.950. The predicted molar refractivity (Wildman–Crippen MR) is 138 cm³/mol. The zero-order valence-electron chi connectivity index (χ0n) is 21.1. The van der Waals surface area contributed by atoms with E-state index in [9.17, 15) is 0 Å². The van der Waals surface area contributed by atoms with Gasteiger partial charge in [-0.2, -0.15) is 8.42 Å². The normalized spacial score (nSPS) is 12.2. The van der Waals surface area contributed by atoms with Crippen molar-refractivity contribution in [2.24, 2.45) is 11.1 Å². The summed E-state index contributed by atoms with van der Waals surface area (Å²) in [7, 11) is -4.67. The van der Waals surface area contributed by atoms with Gasteiger partial charge in [-0.1, -0.05) is 148 Å². The maximum Gasteiger partial charge on any atom is 0.394 e.